The number of aryl methyl sites for hydroxylation is 2. The van der Waals surface area contributed by atoms with Crippen LogP contribution in [0.5, 0.6) is 0 Å². The monoisotopic (exact) mass is 496 g/mol. The lowest BCUT2D eigenvalue weighted by atomic mass is 10.1. The normalized spacial score (nSPS) is 11.1. The number of halogens is 1. The molecule has 27 heavy (non-hydrogen) atoms. The SMILES string of the molecule is CN=C(NCc1cccc(Cn2cccn2)c1)NCc1sc(C)nc1C.I. The zero-order chi connectivity index (χ0) is 18.4. The van der Waals surface area contributed by atoms with Crippen LogP contribution in [0.3, 0.4) is 0 Å². The zero-order valence-corrected chi connectivity index (χ0v) is 18.9. The fraction of sp³-hybridized carbons (Fsp3) is 0.316. The number of thiazole rings is 1. The van der Waals surface area contributed by atoms with Crippen LogP contribution in [-0.4, -0.2) is 27.8 Å². The third-order valence-electron chi connectivity index (χ3n) is 3.99. The van der Waals surface area contributed by atoms with Gasteiger partial charge in [-0.05, 0) is 31.0 Å². The van der Waals surface area contributed by atoms with Gasteiger partial charge in [-0.25, -0.2) is 4.98 Å². The molecule has 2 heterocycles. The maximum Gasteiger partial charge on any atom is 0.191 e. The molecule has 6 nitrogen and oxygen atoms in total. The summed E-state index contributed by atoms with van der Waals surface area (Å²) in [6, 6.07) is 10.4. The van der Waals surface area contributed by atoms with Crippen molar-refractivity contribution in [3.8, 4) is 0 Å². The molecule has 0 aliphatic heterocycles. The minimum atomic E-state index is 0. The van der Waals surface area contributed by atoms with E-state index in [9.17, 15) is 0 Å². The van der Waals surface area contributed by atoms with Crippen LogP contribution in [0.15, 0.2) is 47.7 Å². The fourth-order valence-electron chi connectivity index (χ4n) is 2.73. The van der Waals surface area contributed by atoms with Gasteiger partial charge < -0.3 is 10.6 Å². The van der Waals surface area contributed by atoms with Gasteiger partial charge in [-0.2, -0.15) is 5.10 Å². The van der Waals surface area contributed by atoms with E-state index in [1.54, 1.807) is 24.6 Å². The maximum absolute atomic E-state index is 4.46. The molecule has 0 saturated heterocycles. The molecule has 2 aromatic heterocycles. The first-order valence-electron chi connectivity index (χ1n) is 8.56. The second-order valence-corrected chi connectivity index (χ2v) is 7.33. The highest BCUT2D eigenvalue weighted by Crippen LogP contribution is 2.16. The quantitative estimate of drug-likeness (QED) is 0.312. The molecule has 0 spiro atoms. The van der Waals surface area contributed by atoms with Gasteiger partial charge >= 0.3 is 0 Å². The molecule has 0 saturated carbocycles. The summed E-state index contributed by atoms with van der Waals surface area (Å²) < 4.78 is 1.92. The lowest BCUT2D eigenvalue weighted by molar-refractivity contribution is 0.685. The summed E-state index contributed by atoms with van der Waals surface area (Å²) in [5, 5.41) is 12.1. The van der Waals surface area contributed by atoms with Gasteiger partial charge in [0, 0.05) is 30.9 Å². The molecule has 0 aliphatic rings. The minimum Gasteiger partial charge on any atom is -0.352 e. The summed E-state index contributed by atoms with van der Waals surface area (Å²) in [4.78, 5) is 10.0. The number of nitrogens with zero attached hydrogens (tertiary/aromatic N) is 4. The summed E-state index contributed by atoms with van der Waals surface area (Å²) in [7, 11) is 1.79. The number of rotatable bonds is 6. The number of hydrogen-bond donors (Lipinski definition) is 2. The van der Waals surface area contributed by atoms with E-state index in [1.807, 2.05) is 30.8 Å². The van der Waals surface area contributed by atoms with Gasteiger partial charge in [-0.1, -0.05) is 24.3 Å². The third kappa shape index (κ3) is 6.31. The average molecular weight is 496 g/mol. The molecule has 144 valence electrons. The highest BCUT2D eigenvalue weighted by molar-refractivity contribution is 14.0. The Hall–Kier alpha value is -1.94. The first kappa shape index (κ1) is 21.4. The van der Waals surface area contributed by atoms with E-state index in [2.05, 4.69) is 50.0 Å². The van der Waals surface area contributed by atoms with Crippen molar-refractivity contribution in [1.29, 1.82) is 0 Å². The van der Waals surface area contributed by atoms with Crippen molar-refractivity contribution in [3.63, 3.8) is 0 Å². The molecular weight excluding hydrogens is 471 g/mol. The van der Waals surface area contributed by atoms with Gasteiger partial charge in [0.05, 0.1) is 23.8 Å². The number of nitrogens with one attached hydrogen (secondary N) is 2. The number of aliphatic imine (C=N–C) groups is 1. The van der Waals surface area contributed by atoms with Crippen molar-refractivity contribution in [2.45, 2.75) is 33.5 Å². The average Bonchev–Trinajstić information content (AvgIpc) is 3.25. The molecule has 2 N–H and O–H groups in total. The second kappa shape index (κ2) is 10.4. The van der Waals surface area contributed by atoms with Crippen molar-refractivity contribution >= 4 is 41.3 Å². The smallest absolute Gasteiger partial charge is 0.191 e. The third-order valence-corrected chi connectivity index (χ3v) is 5.07. The topological polar surface area (TPSA) is 67.1 Å². The van der Waals surface area contributed by atoms with Crippen LogP contribution in [0.25, 0.3) is 0 Å². The first-order valence-corrected chi connectivity index (χ1v) is 9.38. The number of aromatic nitrogens is 3. The van der Waals surface area contributed by atoms with E-state index in [0.717, 1.165) is 29.8 Å². The number of guanidine groups is 1. The van der Waals surface area contributed by atoms with E-state index in [4.69, 9.17) is 0 Å². The largest absolute Gasteiger partial charge is 0.352 e. The van der Waals surface area contributed by atoms with Crippen LogP contribution in [-0.2, 0) is 19.6 Å². The van der Waals surface area contributed by atoms with Crippen molar-refractivity contribution in [2.24, 2.45) is 4.99 Å². The van der Waals surface area contributed by atoms with E-state index in [0.29, 0.717) is 6.54 Å². The van der Waals surface area contributed by atoms with Crippen LogP contribution >= 0.6 is 35.3 Å². The molecule has 0 radical (unpaired) electrons. The Bertz CT molecular complexity index is 872. The molecule has 0 atom stereocenters. The summed E-state index contributed by atoms with van der Waals surface area (Å²) in [6.45, 7) is 6.30. The van der Waals surface area contributed by atoms with E-state index >= 15 is 0 Å². The fourth-order valence-corrected chi connectivity index (χ4v) is 3.60. The van der Waals surface area contributed by atoms with Gasteiger partial charge in [-0.15, -0.1) is 35.3 Å². The highest BCUT2D eigenvalue weighted by Gasteiger charge is 2.06. The molecular formula is C19H25IN6S. The van der Waals surface area contributed by atoms with Crippen molar-refractivity contribution in [2.75, 3.05) is 7.05 Å². The van der Waals surface area contributed by atoms with Crippen LogP contribution in [0, 0.1) is 13.8 Å². The van der Waals surface area contributed by atoms with E-state index < -0.39 is 0 Å². The first-order chi connectivity index (χ1) is 12.6. The Balaban J connectivity index is 0.00000261. The van der Waals surface area contributed by atoms with Gasteiger partial charge in [0.2, 0.25) is 0 Å². The summed E-state index contributed by atoms with van der Waals surface area (Å²) >= 11 is 1.72. The van der Waals surface area contributed by atoms with Crippen LogP contribution in [0.2, 0.25) is 0 Å². The molecule has 0 bridgehead atoms. The van der Waals surface area contributed by atoms with Crippen LogP contribution in [0.1, 0.15) is 26.7 Å². The predicted octanol–water partition coefficient (Wildman–Crippen LogP) is 3.49. The minimum absolute atomic E-state index is 0. The lowest BCUT2D eigenvalue weighted by Crippen LogP contribution is -2.36. The van der Waals surface area contributed by atoms with Crippen molar-refractivity contribution in [1.82, 2.24) is 25.4 Å². The Morgan fingerprint density at radius 2 is 1.93 bits per heavy atom. The van der Waals surface area contributed by atoms with Gasteiger partial charge in [0.25, 0.3) is 0 Å². The predicted molar refractivity (Wildman–Crippen MR) is 122 cm³/mol. The number of hydrogen-bond acceptors (Lipinski definition) is 4. The Kier molecular flexibility index (Phi) is 8.23. The Labute approximate surface area is 181 Å². The standard InChI is InChI=1S/C19H24N6S.HI/c1-14-18(26-15(2)24-14)12-22-19(20-3)21-11-16-6-4-7-17(10-16)13-25-9-5-8-23-25;/h4-10H,11-13H2,1-3H3,(H2,20,21,22);1H. The van der Waals surface area contributed by atoms with E-state index in [1.165, 1.54) is 16.0 Å². The van der Waals surface area contributed by atoms with Crippen molar-refractivity contribution in [3.05, 3.63) is 69.4 Å². The molecule has 3 aromatic rings. The second-order valence-electron chi connectivity index (χ2n) is 6.04. The maximum atomic E-state index is 4.46. The molecule has 8 heteroatoms. The highest BCUT2D eigenvalue weighted by atomic mass is 127. The molecule has 0 aliphatic carbocycles. The van der Waals surface area contributed by atoms with E-state index in [-0.39, 0.29) is 24.0 Å². The summed E-state index contributed by atoms with van der Waals surface area (Å²) in [5.41, 5.74) is 3.52. The Morgan fingerprint density at radius 1 is 1.15 bits per heavy atom. The lowest BCUT2D eigenvalue weighted by Gasteiger charge is -2.12. The zero-order valence-electron chi connectivity index (χ0n) is 15.8. The summed E-state index contributed by atoms with van der Waals surface area (Å²) in [6.07, 6.45) is 3.77. The van der Waals surface area contributed by atoms with Gasteiger partial charge in [-0.3, -0.25) is 9.67 Å². The van der Waals surface area contributed by atoms with Crippen molar-refractivity contribution < 1.29 is 0 Å². The Morgan fingerprint density at radius 3 is 2.59 bits per heavy atom. The van der Waals surface area contributed by atoms with Crippen LogP contribution < -0.4 is 10.6 Å². The summed E-state index contributed by atoms with van der Waals surface area (Å²) in [5.74, 6) is 0.785. The molecule has 3 rings (SSSR count). The molecule has 0 fully saturated rings. The number of benzene rings is 1. The van der Waals surface area contributed by atoms with Gasteiger partial charge in [0.15, 0.2) is 5.96 Å². The van der Waals surface area contributed by atoms with Gasteiger partial charge in [0.1, 0.15) is 0 Å². The molecule has 0 unspecified atom stereocenters. The molecule has 1 aromatic carbocycles. The molecule has 0 amide bonds. The van der Waals surface area contributed by atoms with Crippen LogP contribution in [0.4, 0.5) is 0 Å².